The number of anilines is 1. The fourth-order valence-electron chi connectivity index (χ4n) is 3.10. The van der Waals surface area contributed by atoms with Crippen LogP contribution < -0.4 is 10.2 Å². The smallest absolute Gasteiger partial charge is 0.141 e. The van der Waals surface area contributed by atoms with Gasteiger partial charge in [0.05, 0.1) is 6.20 Å². The minimum atomic E-state index is -0.231. The van der Waals surface area contributed by atoms with Crippen LogP contribution >= 0.6 is 0 Å². The molecule has 0 bridgehead atoms. The van der Waals surface area contributed by atoms with Crippen molar-refractivity contribution in [2.24, 2.45) is 5.92 Å². The Labute approximate surface area is 120 Å². The summed E-state index contributed by atoms with van der Waals surface area (Å²) in [7, 11) is 0. The van der Waals surface area contributed by atoms with Gasteiger partial charge in [-0.25, -0.2) is 9.37 Å². The zero-order valence-electron chi connectivity index (χ0n) is 12.2. The van der Waals surface area contributed by atoms with Crippen LogP contribution in [0.2, 0.25) is 0 Å². The Morgan fingerprint density at radius 2 is 2.25 bits per heavy atom. The largest absolute Gasteiger partial charge is 0.356 e. The highest BCUT2D eigenvalue weighted by atomic mass is 19.1. The highest BCUT2D eigenvalue weighted by Crippen LogP contribution is 2.28. The lowest BCUT2D eigenvalue weighted by atomic mass is 10.0. The highest BCUT2D eigenvalue weighted by Gasteiger charge is 2.26. The third kappa shape index (κ3) is 3.29. The molecule has 1 atom stereocenters. The number of halogens is 1. The molecule has 2 aliphatic rings. The Morgan fingerprint density at radius 1 is 1.40 bits per heavy atom. The standard InChI is InChI=1S/C16H24FN3/c1-2-3-12-6-7-20(11-12)16-13(8-14(17)10-19-16)9-18-15-4-5-15/h8,10,12,15,18H,2-7,9,11H2,1H3. The van der Waals surface area contributed by atoms with E-state index in [1.165, 1.54) is 38.3 Å². The maximum absolute atomic E-state index is 13.5. The van der Waals surface area contributed by atoms with Crippen molar-refractivity contribution >= 4 is 5.82 Å². The first-order valence-corrected chi connectivity index (χ1v) is 7.89. The maximum atomic E-state index is 13.5. The fraction of sp³-hybridized carbons (Fsp3) is 0.688. The van der Waals surface area contributed by atoms with E-state index in [1.54, 1.807) is 6.07 Å². The molecule has 1 aliphatic carbocycles. The van der Waals surface area contributed by atoms with E-state index >= 15 is 0 Å². The molecule has 2 heterocycles. The zero-order valence-corrected chi connectivity index (χ0v) is 12.2. The molecule has 1 saturated carbocycles. The van der Waals surface area contributed by atoms with Crippen LogP contribution in [0, 0.1) is 11.7 Å². The topological polar surface area (TPSA) is 28.2 Å². The molecule has 4 heteroatoms. The Morgan fingerprint density at radius 3 is 3.00 bits per heavy atom. The molecule has 0 amide bonds. The molecule has 0 spiro atoms. The van der Waals surface area contributed by atoms with Gasteiger partial charge in [-0.05, 0) is 37.7 Å². The molecular formula is C16H24FN3. The molecule has 1 unspecified atom stereocenters. The molecule has 1 aromatic heterocycles. The predicted molar refractivity (Wildman–Crippen MR) is 79.3 cm³/mol. The van der Waals surface area contributed by atoms with Gasteiger partial charge in [0.25, 0.3) is 0 Å². The lowest BCUT2D eigenvalue weighted by molar-refractivity contribution is 0.529. The van der Waals surface area contributed by atoms with Crippen LogP contribution in [-0.2, 0) is 6.54 Å². The van der Waals surface area contributed by atoms with Gasteiger partial charge in [-0.1, -0.05) is 13.3 Å². The van der Waals surface area contributed by atoms with E-state index in [-0.39, 0.29) is 5.82 Å². The summed E-state index contributed by atoms with van der Waals surface area (Å²) < 4.78 is 13.5. The normalized spacial score (nSPS) is 22.5. The molecular weight excluding hydrogens is 253 g/mol. The van der Waals surface area contributed by atoms with E-state index < -0.39 is 0 Å². The van der Waals surface area contributed by atoms with E-state index in [0.29, 0.717) is 6.04 Å². The molecule has 2 fully saturated rings. The second-order valence-electron chi connectivity index (χ2n) is 6.18. The maximum Gasteiger partial charge on any atom is 0.141 e. The second-order valence-corrected chi connectivity index (χ2v) is 6.18. The summed E-state index contributed by atoms with van der Waals surface area (Å²) in [6.07, 6.45) is 7.62. The van der Waals surface area contributed by atoms with Crippen molar-refractivity contribution < 1.29 is 4.39 Å². The summed E-state index contributed by atoms with van der Waals surface area (Å²) in [5.74, 6) is 1.53. The van der Waals surface area contributed by atoms with Crippen molar-refractivity contribution in [3.05, 3.63) is 23.6 Å². The lowest BCUT2D eigenvalue weighted by Gasteiger charge is -2.21. The van der Waals surface area contributed by atoms with Crippen molar-refractivity contribution in [3.63, 3.8) is 0 Å². The van der Waals surface area contributed by atoms with Crippen LogP contribution in [-0.4, -0.2) is 24.1 Å². The van der Waals surface area contributed by atoms with Crippen molar-refractivity contribution in [1.29, 1.82) is 0 Å². The van der Waals surface area contributed by atoms with Crippen LogP contribution in [0.3, 0.4) is 0 Å². The van der Waals surface area contributed by atoms with Crippen molar-refractivity contribution in [3.8, 4) is 0 Å². The summed E-state index contributed by atoms with van der Waals surface area (Å²) >= 11 is 0. The summed E-state index contributed by atoms with van der Waals surface area (Å²) in [5, 5.41) is 3.47. The summed E-state index contributed by atoms with van der Waals surface area (Å²) in [5.41, 5.74) is 1.01. The van der Waals surface area contributed by atoms with Gasteiger partial charge in [-0.15, -0.1) is 0 Å². The Bertz CT molecular complexity index is 459. The van der Waals surface area contributed by atoms with Gasteiger partial charge in [0.2, 0.25) is 0 Å². The molecule has 3 nitrogen and oxygen atoms in total. The first-order valence-electron chi connectivity index (χ1n) is 7.89. The summed E-state index contributed by atoms with van der Waals surface area (Å²) in [4.78, 5) is 6.70. The quantitative estimate of drug-likeness (QED) is 0.866. The summed E-state index contributed by atoms with van der Waals surface area (Å²) in [6, 6.07) is 2.28. The number of rotatable bonds is 6. The molecule has 1 aliphatic heterocycles. The first-order chi connectivity index (χ1) is 9.76. The van der Waals surface area contributed by atoms with E-state index in [4.69, 9.17) is 0 Å². The van der Waals surface area contributed by atoms with E-state index in [1.807, 2.05) is 0 Å². The van der Waals surface area contributed by atoms with Gasteiger partial charge < -0.3 is 10.2 Å². The fourth-order valence-corrected chi connectivity index (χ4v) is 3.10. The minimum absolute atomic E-state index is 0.231. The van der Waals surface area contributed by atoms with Gasteiger partial charge in [0, 0.05) is 31.2 Å². The monoisotopic (exact) mass is 277 g/mol. The summed E-state index contributed by atoms with van der Waals surface area (Å²) in [6.45, 7) is 5.10. The first kappa shape index (κ1) is 13.8. The van der Waals surface area contributed by atoms with Crippen LogP contribution in [0.15, 0.2) is 12.3 Å². The Hall–Kier alpha value is -1.16. The average molecular weight is 277 g/mol. The van der Waals surface area contributed by atoms with Crippen LogP contribution in [0.1, 0.15) is 44.6 Å². The molecule has 0 radical (unpaired) electrons. The minimum Gasteiger partial charge on any atom is -0.356 e. The van der Waals surface area contributed by atoms with E-state index in [9.17, 15) is 4.39 Å². The number of nitrogens with zero attached hydrogens (tertiary/aromatic N) is 2. The van der Waals surface area contributed by atoms with E-state index in [2.05, 4.69) is 22.1 Å². The molecule has 0 aromatic carbocycles. The number of hydrogen-bond acceptors (Lipinski definition) is 3. The van der Waals surface area contributed by atoms with Crippen molar-refractivity contribution in [2.75, 3.05) is 18.0 Å². The molecule has 3 rings (SSSR count). The molecule has 110 valence electrons. The molecule has 20 heavy (non-hydrogen) atoms. The van der Waals surface area contributed by atoms with Gasteiger partial charge in [0.15, 0.2) is 0 Å². The lowest BCUT2D eigenvalue weighted by Crippen LogP contribution is -2.25. The van der Waals surface area contributed by atoms with Crippen LogP contribution in [0.5, 0.6) is 0 Å². The number of nitrogens with one attached hydrogen (secondary N) is 1. The third-order valence-electron chi connectivity index (χ3n) is 4.35. The third-order valence-corrected chi connectivity index (χ3v) is 4.35. The molecule has 1 saturated heterocycles. The van der Waals surface area contributed by atoms with E-state index in [0.717, 1.165) is 36.9 Å². The second kappa shape index (κ2) is 6.08. The van der Waals surface area contributed by atoms with Crippen molar-refractivity contribution in [2.45, 2.75) is 51.6 Å². The van der Waals surface area contributed by atoms with Crippen LogP contribution in [0.25, 0.3) is 0 Å². The van der Waals surface area contributed by atoms with Gasteiger partial charge >= 0.3 is 0 Å². The Kier molecular flexibility index (Phi) is 4.20. The van der Waals surface area contributed by atoms with Gasteiger partial charge in [-0.3, -0.25) is 0 Å². The Balaban J connectivity index is 1.70. The van der Waals surface area contributed by atoms with Crippen LogP contribution in [0.4, 0.5) is 10.2 Å². The number of pyridine rings is 1. The number of hydrogen-bond donors (Lipinski definition) is 1. The average Bonchev–Trinajstić information content (AvgIpc) is 3.16. The van der Waals surface area contributed by atoms with Crippen molar-refractivity contribution in [1.82, 2.24) is 10.3 Å². The molecule has 1 aromatic rings. The highest BCUT2D eigenvalue weighted by molar-refractivity contribution is 5.48. The zero-order chi connectivity index (χ0) is 13.9. The van der Waals surface area contributed by atoms with Gasteiger partial charge in [0.1, 0.15) is 11.6 Å². The van der Waals surface area contributed by atoms with Gasteiger partial charge in [-0.2, -0.15) is 0 Å². The predicted octanol–water partition coefficient (Wildman–Crippen LogP) is 3.10. The molecule has 1 N–H and O–H groups in total. The number of aromatic nitrogens is 1. The SMILES string of the molecule is CCCC1CCN(c2ncc(F)cc2CNC2CC2)C1.